The lowest BCUT2D eigenvalue weighted by Crippen LogP contribution is -2.25. The van der Waals surface area contributed by atoms with Crippen molar-refractivity contribution >= 4 is 17.7 Å². The van der Waals surface area contributed by atoms with Crippen LogP contribution in [0, 0.1) is 5.82 Å². The van der Waals surface area contributed by atoms with Crippen LogP contribution in [0.3, 0.4) is 0 Å². The Hall–Kier alpha value is -2.21. The first-order valence-corrected chi connectivity index (χ1v) is 8.73. The highest BCUT2D eigenvalue weighted by molar-refractivity contribution is 8.00. The second-order valence-corrected chi connectivity index (χ2v) is 6.36. The van der Waals surface area contributed by atoms with Crippen LogP contribution in [0.15, 0.2) is 47.4 Å². The van der Waals surface area contributed by atoms with Crippen molar-refractivity contribution in [3.8, 4) is 11.5 Å². The first-order valence-electron chi connectivity index (χ1n) is 7.75. The van der Waals surface area contributed by atoms with E-state index in [-0.39, 0.29) is 24.0 Å². The molecule has 0 aromatic heterocycles. The Bertz CT molecular complexity index is 723. The van der Waals surface area contributed by atoms with Gasteiger partial charge in [-0.1, -0.05) is 18.2 Å². The summed E-state index contributed by atoms with van der Waals surface area (Å²) in [5, 5.41) is 2.73. The minimum Gasteiger partial charge on any atom is -0.490 e. The summed E-state index contributed by atoms with van der Waals surface area (Å²) in [6.45, 7) is 1.47. The predicted octanol–water partition coefficient (Wildman–Crippen LogP) is 3.40. The van der Waals surface area contributed by atoms with E-state index in [1.165, 1.54) is 17.8 Å². The van der Waals surface area contributed by atoms with Crippen molar-refractivity contribution in [1.29, 1.82) is 0 Å². The first kappa shape index (κ1) is 16.6. The first-order chi connectivity index (χ1) is 11.7. The van der Waals surface area contributed by atoms with E-state index in [1.807, 2.05) is 18.2 Å². The van der Waals surface area contributed by atoms with Gasteiger partial charge in [0, 0.05) is 23.4 Å². The van der Waals surface area contributed by atoms with Crippen LogP contribution in [0.5, 0.6) is 11.5 Å². The van der Waals surface area contributed by atoms with Crippen molar-refractivity contribution < 1.29 is 18.7 Å². The molecule has 2 aromatic rings. The summed E-state index contributed by atoms with van der Waals surface area (Å²) in [6.07, 6.45) is 0.857. The molecule has 0 atom stereocenters. The molecule has 1 amide bonds. The third-order valence-electron chi connectivity index (χ3n) is 3.52. The molecule has 126 valence electrons. The fourth-order valence-corrected chi connectivity index (χ4v) is 3.02. The zero-order chi connectivity index (χ0) is 16.8. The van der Waals surface area contributed by atoms with Gasteiger partial charge in [-0.3, -0.25) is 4.79 Å². The molecule has 3 rings (SSSR count). The van der Waals surface area contributed by atoms with Crippen molar-refractivity contribution in [3.05, 3.63) is 53.8 Å². The van der Waals surface area contributed by atoms with Crippen molar-refractivity contribution in [2.24, 2.45) is 0 Å². The van der Waals surface area contributed by atoms with E-state index >= 15 is 0 Å². The molecule has 0 unspecified atom stereocenters. The molecule has 0 radical (unpaired) electrons. The van der Waals surface area contributed by atoms with Crippen molar-refractivity contribution in [2.45, 2.75) is 17.9 Å². The number of ether oxygens (including phenoxy) is 2. The Balaban J connectivity index is 1.51. The zero-order valence-electron chi connectivity index (χ0n) is 13.1. The van der Waals surface area contributed by atoms with Crippen LogP contribution in [0.25, 0.3) is 0 Å². The number of hydrogen-bond acceptors (Lipinski definition) is 4. The standard InChI is InChI=1S/C18H18FNO3S/c19-15-5-2-1-4-13(15)11-20-18(21)12-24-14-6-7-16-17(10-14)23-9-3-8-22-16/h1-2,4-7,10H,3,8-9,11-12H2,(H,20,21). The van der Waals surface area contributed by atoms with Crippen molar-refractivity contribution in [1.82, 2.24) is 5.32 Å². The maximum Gasteiger partial charge on any atom is 0.230 e. The van der Waals surface area contributed by atoms with Crippen LogP contribution in [-0.4, -0.2) is 24.9 Å². The molecule has 1 aliphatic rings. The smallest absolute Gasteiger partial charge is 0.230 e. The van der Waals surface area contributed by atoms with E-state index in [0.717, 1.165) is 17.1 Å². The van der Waals surface area contributed by atoms with Crippen molar-refractivity contribution in [2.75, 3.05) is 19.0 Å². The molecule has 0 saturated carbocycles. The number of carbonyl (C=O) groups excluding carboxylic acids is 1. The molecule has 0 saturated heterocycles. The van der Waals surface area contributed by atoms with E-state index in [9.17, 15) is 9.18 Å². The average molecular weight is 347 g/mol. The summed E-state index contributed by atoms with van der Waals surface area (Å²) in [4.78, 5) is 12.9. The summed E-state index contributed by atoms with van der Waals surface area (Å²) in [5.74, 6) is 1.25. The number of nitrogens with one attached hydrogen (secondary N) is 1. The summed E-state index contributed by atoms with van der Waals surface area (Å²) in [5.41, 5.74) is 0.478. The number of rotatable bonds is 5. The van der Waals surface area contributed by atoms with E-state index in [0.29, 0.717) is 24.5 Å². The topological polar surface area (TPSA) is 47.6 Å². The molecular weight excluding hydrogens is 329 g/mol. The Labute approximate surface area is 144 Å². The van der Waals surface area contributed by atoms with Crippen LogP contribution in [0.1, 0.15) is 12.0 Å². The molecule has 0 bridgehead atoms. The summed E-state index contributed by atoms with van der Waals surface area (Å²) in [6, 6.07) is 12.1. The number of halogens is 1. The number of fused-ring (bicyclic) bond motifs is 1. The minimum absolute atomic E-state index is 0.143. The molecule has 0 spiro atoms. The molecule has 1 aliphatic heterocycles. The number of thioether (sulfide) groups is 1. The van der Waals surface area contributed by atoms with Gasteiger partial charge in [0.2, 0.25) is 5.91 Å². The summed E-state index contributed by atoms with van der Waals surface area (Å²) >= 11 is 1.41. The average Bonchev–Trinajstić information content (AvgIpc) is 2.84. The lowest BCUT2D eigenvalue weighted by molar-refractivity contribution is -0.118. The maximum atomic E-state index is 13.5. The number of hydrogen-bond donors (Lipinski definition) is 1. The maximum absolute atomic E-state index is 13.5. The third-order valence-corrected chi connectivity index (χ3v) is 4.52. The van der Waals surface area contributed by atoms with Gasteiger partial charge in [-0.05, 0) is 24.3 Å². The number of benzene rings is 2. The van der Waals surface area contributed by atoms with Crippen LogP contribution in [-0.2, 0) is 11.3 Å². The molecule has 1 N–H and O–H groups in total. The molecule has 4 nitrogen and oxygen atoms in total. The second-order valence-electron chi connectivity index (χ2n) is 5.32. The molecule has 2 aromatic carbocycles. The van der Waals surface area contributed by atoms with Gasteiger partial charge in [-0.2, -0.15) is 0 Å². The van der Waals surface area contributed by atoms with Gasteiger partial charge in [-0.25, -0.2) is 4.39 Å². The van der Waals surface area contributed by atoms with Gasteiger partial charge in [-0.15, -0.1) is 11.8 Å². The SMILES string of the molecule is O=C(CSc1ccc2c(c1)OCCCO2)NCc1ccccc1F. The number of carbonyl (C=O) groups is 1. The highest BCUT2D eigenvalue weighted by Crippen LogP contribution is 2.33. The summed E-state index contributed by atoms with van der Waals surface area (Å²) in [7, 11) is 0. The normalized spacial score (nSPS) is 13.2. The molecule has 0 aliphatic carbocycles. The third kappa shape index (κ3) is 4.41. The molecule has 0 fully saturated rings. The molecular formula is C18H18FNO3S. The molecule has 6 heteroatoms. The van der Waals surface area contributed by atoms with Gasteiger partial charge < -0.3 is 14.8 Å². The monoisotopic (exact) mass is 347 g/mol. The largest absolute Gasteiger partial charge is 0.490 e. The van der Waals surface area contributed by atoms with Gasteiger partial charge in [0.05, 0.1) is 19.0 Å². The van der Waals surface area contributed by atoms with E-state index < -0.39 is 0 Å². The van der Waals surface area contributed by atoms with Crippen LogP contribution < -0.4 is 14.8 Å². The number of amides is 1. The second kappa shape index (κ2) is 8.06. The van der Waals surface area contributed by atoms with Crippen LogP contribution in [0.2, 0.25) is 0 Å². The van der Waals surface area contributed by atoms with Gasteiger partial charge in [0.15, 0.2) is 11.5 Å². The van der Waals surface area contributed by atoms with Crippen molar-refractivity contribution in [3.63, 3.8) is 0 Å². The van der Waals surface area contributed by atoms with Crippen LogP contribution in [0.4, 0.5) is 4.39 Å². The summed E-state index contributed by atoms with van der Waals surface area (Å²) < 4.78 is 24.7. The van der Waals surface area contributed by atoms with Gasteiger partial charge in [0.25, 0.3) is 0 Å². The van der Waals surface area contributed by atoms with E-state index in [2.05, 4.69) is 5.32 Å². The molecule has 1 heterocycles. The van der Waals surface area contributed by atoms with Gasteiger partial charge in [0.1, 0.15) is 5.82 Å². The Morgan fingerprint density at radius 2 is 1.92 bits per heavy atom. The highest BCUT2D eigenvalue weighted by Gasteiger charge is 2.12. The fourth-order valence-electron chi connectivity index (χ4n) is 2.27. The highest BCUT2D eigenvalue weighted by atomic mass is 32.2. The Morgan fingerprint density at radius 1 is 1.12 bits per heavy atom. The Kier molecular flexibility index (Phi) is 5.59. The lowest BCUT2D eigenvalue weighted by atomic mass is 10.2. The Morgan fingerprint density at radius 3 is 2.75 bits per heavy atom. The fraction of sp³-hybridized carbons (Fsp3) is 0.278. The predicted molar refractivity (Wildman–Crippen MR) is 91.0 cm³/mol. The van der Waals surface area contributed by atoms with E-state index in [1.54, 1.807) is 18.2 Å². The zero-order valence-corrected chi connectivity index (χ0v) is 13.9. The molecule has 24 heavy (non-hydrogen) atoms. The minimum atomic E-state index is -0.312. The lowest BCUT2D eigenvalue weighted by Gasteiger charge is -2.09. The quantitative estimate of drug-likeness (QED) is 0.842. The van der Waals surface area contributed by atoms with Crippen LogP contribution >= 0.6 is 11.8 Å². The van der Waals surface area contributed by atoms with E-state index in [4.69, 9.17) is 9.47 Å². The van der Waals surface area contributed by atoms with Gasteiger partial charge >= 0.3 is 0 Å².